The molecule has 0 aliphatic heterocycles. The van der Waals surface area contributed by atoms with Gasteiger partial charge in [0.2, 0.25) is 0 Å². The molecular weight excluding hydrogens is 941 g/mol. The molecule has 78 heavy (non-hydrogen) atoms. The van der Waals surface area contributed by atoms with E-state index in [-0.39, 0.29) is 10.8 Å². The number of nitrogens with zero attached hydrogens (tertiary/aromatic N) is 2. The van der Waals surface area contributed by atoms with Crippen molar-refractivity contribution in [2.45, 2.75) is 66.2 Å². The molecule has 0 saturated heterocycles. The number of benzene rings is 11. The second-order valence-corrected chi connectivity index (χ2v) is 23.4. The van der Waals surface area contributed by atoms with Gasteiger partial charge < -0.3 is 9.13 Å². The molecule has 13 aromatic rings. The van der Waals surface area contributed by atoms with Gasteiger partial charge in [-0.25, -0.2) is 0 Å². The van der Waals surface area contributed by atoms with E-state index in [4.69, 9.17) is 0 Å². The van der Waals surface area contributed by atoms with Gasteiger partial charge in [0, 0.05) is 44.4 Å². The minimum absolute atomic E-state index is 0.168. The summed E-state index contributed by atoms with van der Waals surface area (Å²) < 4.78 is 5.01. The van der Waals surface area contributed by atoms with E-state index >= 15 is 0 Å². The van der Waals surface area contributed by atoms with Crippen molar-refractivity contribution < 1.29 is 0 Å². The molecule has 0 N–H and O–H groups in total. The summed E-state index contributed by atoms with van der Waals surface area (Å²) in [6.45, 7) is 18.9. The lowest BCUT2D eigenvalue weighted by molar-refractivity contribution is 0.660. The molecule has 0 spiro atoms. The van der Waals surface area contributed by atoms with Gasteiger partial charge in [0.1, 0.15) is 0 Å². The molecule has 2 aliphatic carbocycles. The molecule has 0 unspecified atom stereocenters. The lowest BCUT2D eigenvalue weighted by Gasteiger charge is -2.24. The van der Waals surface area contributed by atoms with Crippen molar-refractivity contribution in [3.63, 3.8) is 0 Å². The molecule has 0 radical (unpaired) electrons. The highest BCUT2D eigenvalue weighted by Crippen LogP contribution is 2.55. The first-order chi connectivity index (χ1) is 37.9. The van der Waals surface area contributed by atoms with Gasteiger partial charge >= 0.3 is 0 Å². The zero-order chi connectivity index (χ0) is 52.9. The first kappa shape index (κ1) is 46.3. The van der Waals surface area contributed by atoms with E-state index in [0.717, 1.165) is 11.4 Å². The van der Waals surface area contributed by atoms with Crippen LogP contribution in [0.25, 0.3) is 121 Å². The van der Waals surface area contributed by atoms with Gasteiger partial charge in [-0.05, 0) is 210 Å². The van der Waals surface area contributed by atoms with Gasteiger partial charge in [-0.1, -0.05) is 185 Å². The number of aryl methyl sites for hydroxylation is 2. The lowest BCUT2D eigenvalue weighted by atomic mass is 9.79. The molecule has 0 fully saturated rings. The molecule has 374 valence electrons. The van der Waals surface area contributed by atoms with Gasteiger partial charge in [0.15, 0.2) is 0 Å². The Morgan fingerprint density at radius 1 is 0.269 bits per heavy atom. The molecule has 15 rings (SSSR count). The van der Waals surface area contributed by atoms with Crippen LogP contribution in [-0.4, -0.2) is 9.13 Å². The molecule has 2 heterocycles. The molecule has 2 heteroatoms. The molecule has 2 nitrogen and oxygen atoms in total. The van der Waals surface area contributed by atoms with Crippen LogP contribution in [0.15, 0.2) is 218 Å². The fourth-order valence-corrected chi connectivity index (χ4v) is 14.2. The summed E-state index contributed by atoms with van der Waals surface area (Å²) in [5.74, 6) is 0. The minimum Gasteiger partial charge on any atom is -0.314 e. The van der Waals surface area contributed by atoms with E-state index in [9.17, 15) is 0 Å². The number of hydrogen-bond donors (Lipinski definition) is 0. The summed E-state index contributed by atoms with van der Waals surface area (Å²) >= 11 is 0. The lowest BCUT2D eigenvalue weighted by Crippen LogP contribution is -2.15. The summed E-state index contributed by atoms with van der Waals surface area (Å²) in [5, 5.41) is 7.58. The van der Waals surface area contributed by atoms with Crippen LogP contribution < -0.4 is 0 Å². The highest BCUT2D eigenvalue weighted by Gasteiger charge is 2.37. The third-order valence-electron chi connectivity index (χ3n) is 18.6. The third-order valence-corrected chi connectivity index (χ3v) is 18.6. The van der Waals surface area contributed by atoms with E-state index in [1.54, 1.807) is 0 Å². The van der Waals surface area contributed by atoms with E-state index in [1.807, 2.05) is 0 Å². The largest absolute Gasteiger partial charge is 0.314 e. The molecule has 0 atom stereocenters. The molecule has 2 aliphatic rings. The number of hydrogen-bond acceptors (Lipinski definition) is 0. The maximum Gasteiger partial charge on any atom is 0.0540 e. The average molecular weight is 1000 g/mol. The molecule has 2 aromatic heterocycles. The molecular formula is C76H60N2. The first-order valence-electron chi connectivity index (χ1n) is 27.7. The highest BCUT2D eigenvalue weighted by molar-refractivity contribution is 6.26. The number of fused-ring (bicyclic) bond motifs is 10. The normalized spacial score (nSPS) is 13.8. The number of rotatable bonds is 6. The number of aromatic nitrogens is 2. The highest BCUT2D eigenvalue weighted by atomic mass is 15.0. The fraction of sp³-hybridized carbons (Fsp3) is 0.132. The van der Waals surface area contributed by atoms with Crippen LogP contribution in [-0.2, 0) is 10.8 Å². The first-order valence-corrected chi connectivity index (χ1v) is 27.7. The smallest absolute Gasteiger partial charge is 0.0540 e. The van der Waals surface area contributed by atoms with Crippen molar-refractivity contribution in [3.8, 4) is 78.1 Å². The topological polar surface area (TPSA) is 9.86 Å². The van der Waals surface area contributed by atoms with Crippen molar-refractivity contribution in [3.05, 3.63) is 263 Å². The van der Waals surface area contributed by atoms with Gasteiger partial charge in [-0.15, -0.1) is 0 Å². The van der Waals surface area contributed by atoms with Crippen LogP contribution in [0.3, 0.4) is 0 Å². The van der Waals surface area contributed by atoms with E-state index in [0.29, 0.717) is 0 Å². The van der Waals surface area contributed by atoms with Crippen molar-refractivity contribution in [1.29, 1.82) is 0 Å². The Bertz CT molecular complexity index is 4350. The summed E-state index contributed by atoms with van der Waals surface area (Å²) in [6.07, 6.45) is 0. The summed E-state index contributed by atoms with van der Waals surface area (Å²) in [5.41, 5.74) is 30.3. The maximum atomic E-state index is 2.56. The zero-order valence-electron chi connectivity index (χ0n) is 45.7. The van der Waals surface area contributed by atoms with Crippen molar-refractivity contribution in [2.75, 3.05) is 0 Å². The summed E-state index contributed by atoms with van der Waals surface area (Å²) in [6, 6.07) is 82.8. The standard InChI is InChI=1S/C76H60N2/c1-45-47(3)77(55-33-27-51(28-34-55)49-19-11-9-12-20-49)71-43-65-63(41-61(45)71)73(53-31-37-59-57-23-15-17-25-67(57)75(5,6)69(59)39-53)66-44-72-62(46(2)48(4)78(72)56-35-29-52(30-36-56)50-21-13-10-14-22-50)42-64(66)74(65)54-32-38-60-58-24-16-18-26-68(58)76(7,8)70(60)40-54/h9-44H,1-8H3. The summed E-state index contributed by atoms with van der Waals surface area (Å²) in [7, 11) is 0. The van der Waals surface area contributed by atoms with E-state index < -0.39 is 0 Å². The van der Waals surface area contributed by atoms with Gasteiger partial charge in [-0.2, -0.15) is 0 Å². The molecule has 11 aromatic carbocycles. The van der Waals surface area contributed by atoms with Crippen LogP contribution in [0.1, 0.15) is 72.5 Å². The van der Waals surface area contributed by atoms with Gasteiger partial charge in [-0.3, -0.25) is 0 Å². The second kappa shape index (κ2) is 16.8. The van der Waals surface area contributed by atoms with Crippen molar-refractivity contribution in [2.24, 2.45) is 0 Å². The Labute approximate surface area is 457 Å². The van der Waals surface area contributed by atoms with Gasteiger partial charge in [0.25, 0.3) is 0 Å². The van der Waals surface area contributed by atoms with Crippen LogP contribution in [0.2, 0.25) is 0 Å². The average Bonchev–Trinajstić information content (AvgIpc) is 3.73. The fourth-order valence-electron chi connectivity index (χ4n) is 14.2. The van der Waals surface area contributed by atoms with Crippen molar-refractivity contribution >= 4 is 43.4 Å². The Morgan fingerprint density at radius 2 is 0.590 bits per heavy atom. The van der Waals surface area contributed by atoms with Crippen molar-refractivity contribution in [1.82, 2.24) is 9.13 Å². The predicted molar refractivity (Wildman–Crippen MR) is 331 cm³/mol. The Balaban J connectivity index is 1.07. The van der Waals surface area contributed by atoms with Crippen LogP contribution in [0.4, 0.5) is 0 Å². The predicted octanol–water partition coefficient (Wildman–Crippen LogP) is 20.4. The monoisotopic (exact) mass is 1000 g/mol. The van der Waals surface area contributed by atoms with E-state index in [2.05, 4.69) is 283 Å². The second-order valence-electron chi connectivity index (χ2n) is 23.4. The zero-order valence-corrected chi connectivity index (χ0v) is 45.7. The van der Waals surface area contributed by atoms with Gasteiger partial charge in [0.05, 0.1) is 11.0 Å². The minimum atomic E-state index is -0.168. The third kappa shape index (κ3) is 6.56. The SMILES string of the molecule is Cc1c(C)n(-c2ccc(-c3ccccc3)cc2)c2cc3c(-c4ccc5c(c4)C(C)(C)c4ccccc4-5)c4cc5c(C)c(C)n(-c6ccc(-c7ccccc7)cc6)c5cc4c(-c4ccc5c(c4)C(C)(C)c4ccccc4-5)c3cc12. The van der Waals surface area contributed by atoms with Crippen LogP contribution in [0.5, 0.6) is 0 Å². The summed E-state index contributed by atoms with van der Waals surface area (Å²) in [4.78, 5) is 0. The Morgan fingerprint density at radius 3 is 0.987 bits per heavy atom. The molecule has 0 saturated carbocycles. The Kier molecular flexibility index (Phi) is 9.95. The quantitative estimate of drug-likeness (QED) is 0.147. The Hall–Kier alpha value is -8.98. The van der Waals surface area contributed by atoms with Crippen LogP contribution in [0, 0.1) is 27.7 Å². The van der Waals surface area contributed by atoms with Crippen LogP contribution >= 0.6 is 0 Å². The maximum absolute atomic E-state index is 2.56. The molecule has 0 amide bonds. The molecule has 0 bridgehead atoms. The van der Waals surface area contributed by atoms with E-state index in [1.165, 1.54) is 155 Å².